The van der Waals surface area contributed by atoms with E-state index in [9.17, 15) is 9.90 Å². The van der Waals surface area contributed by atoms with E-state index in [4.69, 9.17) is 0 Å². The van der Waals surface area contributed by atoms with E-state index >= 15 is 0 Å². The van der Waals surface area contributed by atoms with Gasteiger partial charge < -0.3 is 21.1 Å². The first-order valence-corrected chi connectivity index (χ1v) is 8.82. The van der Waals surface area contributed by atoms with Gasteiger partial charge in [0.1, 0.15) is 5.75 Å². The molecule has 7 heteroatoms. The molecular weight excluding hydrogens is 455 g/mol. The highest BCUT2D eigenvalue weighted by Crippen LogP contribution is 2.10. The summed E-state index contributed by atoms with van der Waals surface area (Å²) >= 11 is 0. The van der Waals surface area contributed by atoms with Crippen molar-refractivity contribution in [1.82, 2.24) is 16.0 Å². The Kier molecular flexibility index (Phi) is 10.9. The van der Waals surface area contributed by atoms with Crippen molar-refractivity contribution in [2.24, 2.45) is 4.99 Å². The summed E-state index contributed by atoms with van der Waals surface area (Å²) in [6.45, 7) is 4.66. The molecule has 6 nitrogen and oxygen atoms in total. The van der Waals surface area contributed by atoms with Gasteiger partial charge in [-0.15, -0.1) is 24.0 Å². The second-order valence-electron chi connectivity index (χ2n) is 5.77. The third-order valence-electron chi connectivity index (χ3n) is 3.65. The fourth-order valence-corrected chi connectivity index (χ4v) is 2.34. The van der Waals surface area contributed by atoms with Crippen LogP contribution in [0.3, 0.4) is 0 Å². The molecule has 27 heavy (non-hydrogen) atoms. The lowest BCUT2D eigenvalue weighted by molar-refractivity contribution is 0.0953. The van der Waals surface area contributed by atoms with Crippen LogP contribution in [-0.4, -0.2) is 36.6 Å². The Morgan fingerprint density at radius 2 is 1.74 bits per heavy atom. The van der Waals surface area contributed by atoms with Gasteiger partial charge in [-0.2, -0.15) is 0 Å². The standard InChI is InChI=1S/C20H26N4O2.HI/c1-2-21-20(24-15-16-8-4-3-5-9-16)23-13-7-12-22-19(26)17-10-6-11-18(25)14-17;/h3-6,8-11,14,25H,2,7,12-13,15H2,1H3,(H,22,26)(H2,21,23,24);1H. The lowest BCUT2D eigenvalue weighted by atomic mass is 10.2. The number of hydrogen-bond donors (Lipinski definition) is 4. The van der Waals surface area contributed by atoms with Crippen LogP contribution in [0.5, 0.6) is 5.75 Å². The number of carbonyl (C=O) groups is 1. The Morgan fingerprint density at radius 3 is 2.44 bits per heavy atom. The number of amides is 1. The third-order valence-corrected chi connectivity index (χ3v) is 3.65. The van der Waals surface area contributed by atoms with E-state index in [1.54, 1.807) is 12.1 Å². The Hall–Kier alpha value is -2.29. The molecule has 0 atom stereocenters. The van der Waals surface area contributed by atoms with Crippen molar-refractivity contribution in [3.63, 3.8) is 0 Å². The Bertz CT molecular complexity index is 723. The number of nitrogens with one attached hydrogen (secondary N) is 3. The van der Waals surface area contributed by atoms with Crippen molar-refractivity contribution < 1.29 is 9.90 Å². The molecular formula is C20H27IN4O2. The van der Waals surface area contributed by atoms with Gasteiger partial charge in [0.2, 0.25) is 0 Å². The van der Waals surface area contributed by atoms with Gasteiger partial charge in [-0.3, -0.25) is 4.79 Å². The lowest BCUT2D eigenvalue weighted by Crippen LogP contribution is -2.38. The van der Waals surface area contributed by atoms with Crippen molar-refractivity contribution in [3.05, 3.63) is 65.7 Å². The molecule has 2 aromatic carbocycles. The average Bonchev–Trinajstić information content (AvgIpc) is 2.66. The van der Waals surface area contributed by atoms with E-state index in [0.29, 0.717) is 25.2 Å². The summed E-state index contributed by atoms with van der Waals surface area (Å²) in [7, 11) is 0. The molecule has 0 aliphatic heterocycles. The number of phenols is 1. The van der Waals surface area contributed by atoms with E-state index in [-0.39, 0.29) is 35.6 Å². The van der Waals surface area contributed by atoms with Crippen molar-refractivity contribution in [1.29, 1.82) is 0 Å². The Balaban J connectivity index is 0.00000364. The predicted molar refractivity (Wildman–Crippen MR) is 120 cm³/mol. The Morgan fingerprint density at radius 1 is 1.00 bits per heavy atom. The molecule has 0 aliphatic carbocycles. The number of benzene rings is 2. The minimum absolute atomic E-state index is 0. The number of rotatable bonds is 8. The van der Waals surface area contributed by atoms with Crippen molar-refractivity contribution in [3.8, 4) is 5.75 Å². The SMILES string of the molecule is CCNC(=NCc1ccccc1)NCCCNC(=O)c1cccc(O)c1.I. The summed E-state index contributed by atoms with van der Waals surface area (Å²) in [5, 5.41) is 18.7. The molecule has 1 amide bonds. The van der Waals surface area contributed by atoms with E-state index in [1.165, 1.54) is 12.1 Å². The van der Waals surface area contributed by atoms with Gasteiger partial charge in [0.25, 0.3) is 5.91 Å². The van der Waals surface area contributed by atoms with Crippen LogP contribution in [0.25, 0.3) is 0 Å². The second kappa shape index (κ2) is 13.0. The van der Waals surface area contributed by atoms with Crippen LogP contribution in [-0.2, 0) is 6.54 Å². The van der Waals surface area contributed by atoms with Crippen LogP contribution in [0.15, 0.2) is 59.6 Å². The van der Waals surface area contributed by atoms with Gasteiger partial charge in [-0.1, -0.05) is 36.4 Å². The monoisotopic (exact) mass is 482 g/mol. The first kappa shape index (κ1) is 22.8. The lowest BCUT2D eigenvalue weighted by Gasteiger charge is -2.11. The average molecular weight is 482 g/mol. The largest absolute Gasteiger partial charge is 0.508 e. The van der Waals surface area contributed by atoms with Gasteiger partial charge in [-0.05, 0) is 37.1 Å². The molecule has 0 saturated heterocycles. The molecule has 0 aliphatic rings. The molecule has 0 fully saturated rings. The van der Waals surface area contributed by atoms with E-state index in [2.05, 4.69) is 20.9 Å². The number of hydrogen-bond acceptors (Lipinski definition) is 3. The first-order valence-electron chi connectivity index (χ1n) is 8.82. The van der Waals surface area contributed by atoms with Gasteiger partial charge in [0.05, 0.1) is 6.54 Å². The molecule has 0 heterocycles. The quantitative estimate of drug-likeness (QED) is 0.202. The number of aromatic hydroxyl groups is 1. The maximum atomic E-state index is 12.0. The topological polar surface area (TPSA) is 85.8 Å². The summed E-state index contributed by atoms with van der Waals surface area (Å²) in [5.74, 6) is 0.658. The van der Waals surface area contributed by atoms with E-state index in [0.717, 1.165) is 24.5 Å². The molecule has 0 aromatic heterocycles. The fourth-order valence-electron chi connectivity index (χ4n) is 2.34. The maximum Gasteiger partial charge on any atom is 0.251 e. The normalized spacial score (nSPS) is 10.6. The molecule has 2 aromatic rings. The number of nitrogens with zero attached hydrogens (tertiary/aromatic N) is 1. The van der Waals surface area contributed by atoms with E-state index in [1.807, 2.05) is 37.3 Å². The van der Waals surface area contributed by atoms with Crippen molar-refractivity contribution >= 4 is 35.8 Å². The van der Waals surface area contributed by atoms with Gasteiger partial charge in [0, 0.05) is 25.2 Å². The van der Waals surface area contributed by atoms with Crippen LogP contribution in [0.2, 0.25) is 0 Å². The molecule has 2 rings (SSSR count). The number of guanidine groups is 1. The van der Waals surface area contributed by atoms with Crippen LogP contribution >= 0.6 is 24.0 Å². The molecule has 0 saturated carbocycles. The highest BCUT2D eigenvalue weighted by atomic mass is 127. The number of halogens is 1. The van der Waals surface area contributed by atoms with Crippen molar-refractivity contribution in [2.45, 2.75) is 19.9 Å². The minimum Gasteiger partial charge on any atom is -0.508 e. The Labute approximate surface area is 177 Å². The van der Waals surface area contributed by atoms with Crippen LogP contribution < -0.4 is 16.0 Å². The minimum atomic E-state index is -0.189. The van der Waals surface area contributed by atoms with Crippen LogP contribution in [0.4, 0.5) is 0 Å². The summed E-state index contributed by atoms with van der Waals surface area (Å²) in [6, 6.07) is 16.4. The van der Waals surface area contributed by atoms with Gasteiger partial charge in [0.15, 0.2) is 5.96 Å². The predicted octanol–water partition coefficient (Wildman–Crippen LogP) is 2.89. The zero-order valence-electron chi connectivity index (χ0n) is 15.4. The highest BCUT2D eigenvalue weighted by molar-refractivity contribution is 14.0. The summed E-state index contributed by atoms with van der Waals surface area (Å²) in [4.78, 5) is 16.5. The van der Waals surface area contributed by atoms with E-state index < -0.39 is 0 Å². The number of phenolic OH excluding ortho intramolecular Hbond substituents is 1. The van der Waals surface area contributed by atoms with Gasteiger partial charge >= 0.3 is 0 Å². The zero-order chi connectivity index (χ0) is 18.6. The second-order valence-corrected chi connectivity index (χ2v) is 5.77. The summed E-state index contributed by atoms with van der Waals surface area (Å²) in [5.41, 5.74) is 1.61. The van der Waals surface area contributed by atoms with Crippen molar-refractivity contribution in [2.75, 3.05) is 19.6 Å². The number of aliphatic imine (C=N–C) groups is 1. The third kappa shape index (κ3) is 8.76. The molecule has 146 valence electrons. The van der Waals surface area contributed by atoms with Crippen LogP contribution in [0.1, 0.15) is 29.3 Å². The molecule has 0 bridgehead atoms. The molecule has 0 radical (unpaired) electrons. The highest BCUT2D eigenvalue weighted by Gasteiger charge is 2.05. The first-order chi connectivity index (χ1) is 12.7. The molecule has 0 unspecified atom stereocenters. The molecule has 4 N–H and O–H groups in total. The van der Waals surface area contributed by atoms with Crippen LogP contribution in [0, 0.1) is 0 Å². The molecule has 0 spiro atoms. The summed E-state index contributed by atoms with van der Waals surface area (Å²) < 4.78 is 0. The maximum absolute atomic E-state index is 12.0. The fraction of sp³-hybridized carbons (Fsp3) is 0.300. The summed E-state index contributed by atoms with van der Waals surface area (Å²) in [6.07, 6.45) is 0.764. The van der Waals surface area contributed by atoms with Gasteiger partial charge in [-0.25, -0.2) is 4.99 Å². The zero-order valence-corrected chi connectivity index (χ0v) is 17.8. The number of carbonyl (C=O) groups excluding carboxylic acids is 1. The smallest absolute Gasteiger partial charge is 0.251 e.